The van der Waals surface area contributed by atoms with Gasteiger partial charge in [0.05, 0.1) is 0 Å². The Morgan fingerprint density at radius 3 is 2.20 bits per heavy atom. The molecule has 0 aliphatic rings. The van der Waals surface area contributed by atoms with Crippen molar-refractivity contribution in [1.29, 1.82) is 0 Å². The Bertz CT molecular complexity index is 895. The van der Waals surface area contributed by atoms with Gasteiger partial charge in [-0.3, -0.25) is 10.1 Å². The molecular weight excluding hydrogens is 396 g/mol. The van der Waals surface area contributed by atoms with E-state index >= 15 is 0 Å². The van der Waals surface area contributed by atoms with E-state index in [9.17, 15) is 4.79 Å². The van der Waals surface area contributed by atoms with Gasteiger partial charge in [0.25, 0.3) is 5.91 Å². The van der Waals surface area contributed by atoms with Crippen molar-refractivity contribution in [2.75, 3.05) is 5.32 Å². The lowest BCUT2D eigenvalue weighted by atomic mass is 10.0. The highest BCUT2D eigenvalue weighted by molar-refractivity contribution is 9.10. The molecule has 25 heavy (non-hydrogen) atoms. The van der Waals surface area contributed by atoms with Crippen molar-refractivity contribution in [3.05, 3.63) is 88.9 Å². The van der Waals surface area contributed by atoms with E-state index in [1.165, 1.54) is 0 Å². The summed E-state index contributed by atoms with van der Waals surface area (Å²) in [6, 6.07) is 25.0. The van der Waals surface area contributed by atoms with Crippen molar-refractivity contribution in [2.24, 2.45) is 0 Å². The van der Waals surface area contributed by atoms with E-state index in [0.717, 1.165) is 21.3 Å². The number of thiocarbonyl (C=S) groups is 1. The van der Waals surface area contributed by atoms with Crippen molar-refractivity contribution in [3.8, 4) is 11.1 Å². The van der Waals surface area contributed by atoms with Gasteiger partial charge in [0.2, 0.25) is 0 Å². The van der Waals surface area contributed by atoms with Gasteiger partial charge in [0.1, 0.15) is 0 Å². The van der Waals surface area contributed by atoms with Crippen LogP contribution in [0.15, 0.2) is 83.3 Å². The Labute approximate surface area is 160 Å². The topological polar surface area (TPSA) is 41.1 Å². The third-order valence-corrected chi connectivity index (χ3v) is 4.26. The lowest BCUT2D eigenvalue weighted by Crippen LogP contribution is -2.34. The summed E-state index contributed by atoms with van der Waals surface area (Å²) in [5.74, 6) is -0.243. The maximum Gasteiger partial charge on any atom is 0.257 e. The Morgan fingerprint density at radius 2 is 1.52 bits per heavy atom. The fraction of sp³-hybridized carbons (Fsp3) is 0. The smallest absolute Gasteiger partial charge is 0.257 e. The van der Waals surface area contributed by atoms with Crippen LogP contribution in [0, 0.1) is 0 Å². The van der Waals surface area contributed by atoms with Gasteiger partial charge in [-0.15, -0.1) is 0 Å². The van der Waals surface area contributed by atoms with Gasteiger partial charge in [0, 0.05) is 15.7 Å². The SMILES string of the molecule is O=C(NC(=S)Nc1cccc(Br)c1)c1ccc(-c2ccccc2)cc1. The van der Waals surface area contributed by atoms with Gasteiger partial charge in [-0.25, -0.2) is 0 Å². The van der Waals surface area contributed by atoms with Crippen LogP contribution in [0.25, 0.3) is 11.1 Å². The fourth-order valence-electron chi connectivity index (χ4n) is 2.35. The number of rotatable bonds is 3. The predicted octanol–water partition coefficient (Wildman–Crippen LogP) is 5.24. The average Bonchev–Trinajstić information content (AvgIpc) is 2.62. The number of carbonyl (C=O) groups is 1. The van der Waals surface area contributed by atoms with Crippen LogP contribution in [0.2, 0.25) is 0 Å². The number of hydrogen-bond donors (Lipinski definition) is 2. The maximum atomic E-state index is 12.3. The quantitative estimate of drug-likeness (QED) is 0.579. The van der Waals surface area contributed by atoms with Gasteiger partial charge in [-0.1, -0.05) is 64.5 Å². The van der Waals surface area contributed by atoms with Crippen molar-refractivity contribution in [1.82, 2.24) is 5.32 Å². The molecule has 0 saturated heterocycles. The minimum absolute atomic E-state index is 0.243. The number of hydrogen-bond acceptors (Lipinski definition) is 2. The first-order chi connectivity index (χ1) is 12.1. The number of amides is 1. The summed E-state index contributed by atoms with van der Waals surface area (Å²) >= 11 is 8.59. The minimum Gasteiger partial charge on any atom is -0.332 e. The highest BCUT2D eigenvalue weighted by atomic mass is 79.9. The van der Waals surface area contributed by atoms with Crippen LogP contribution in [0.1, 0.15) is 10.4 Å². The van der Waals surface area contributed by atoms with E-state index in [4.69, 9.17) is 12.2 Å². The van der Waals surface area contributed by atoms with Gasteiger partial charge in [-0.05, 0) is 53.7 Å². The first kappa shape index (κ1) is 17.3. The van der Waals surface area contributed by atoms with E-state index in [-0.39, 0.29) is 11.0 Å². The number of carbonyl (C=O) groups excluding carboxylic acids is 1. The highest BCUT2D eigenvalue weighted by Gasteiger charge is 2.08. The summed E-state index contributed by atoms with van der Waals surface area (Å²) in [4.78, 5) is 12.3. The minimum atomic E-state index is -0.243. The molecule has 0 fully saturated rings. The number of nitrogens with one attached hydrogen (secondary N) is 2. The lowest BCUT2D eigenvalue weighted by Gasteiger charge is -2.10. The summed E-state index contributed by atoms with van der Waals surface area (Å²) in [6.45, 7) is 0. The summed E-state index contributed by atoms with van der Waals surface area (Å²) in [5.41, 5.74) is 3.53. The van der Waals surface area contributed by atoms with Crippen LogP contribution in [-0.4, -0.2) is 11.0 Å². The lowest BCUT2D eigenvalue weighted by molar-refractivity contribution is 0.0978. The van der Waals surface area contributed by atoms with Crippen LogP contribution < -0.4 is 10.6 Å². The summed E-state index contributed by atoms with van der Waals surface area (Å²) < 4.78 is 0.933. The van der Waals surface area contributed by atoms with Crippen molar-refractivity contribution >= 4 is 44.9 Å². The zero-order valence-corrected chi connectivity index (χ0v) is 15.6. The third-order valence-electron chi connectivity index (χ3n) is 3.56. The molecule has 0 atom stereocenters. The zero-order valence-electron chi connectivity index (χ0n) is 13.2. The van der Waals surface area contributed by atoms with Gasteiger partial charge in [-0.2, -0.15) is 0 Å². The first-order valence-electron chi connectivity index (χ1n) is 7.65. The zero-order chi connectivity index (χ0) is 17.6. The molecule has 0 spiro atoms. The molecule has 1 amide bonds. The predicted molar refractivity (Wildman–Crippen MR) is 110 cm³/mol. The molecule has 3 aromatic rings. The highest BCUT2D eigenvalue weighted by Crippen LogP contribution is 2.19. The Balaban J connectivity index is 1.64. The maximum absolute atomic E-state index is 12.3. The van der Waals surface area contributed by atoms with Crippen LogP contribution in [0.5, 0.6) is 0 Å². The van der Waals surface area contributed by atoms with Gasteiger partial charge in [0.15, 0.2) is 5.11 Å². The average molecular weight is 411 g/mol. The van der Waals surface area contributed by atoms with Crippen molar-refractivity contribution in [3.63, 3.8) is 0 Å². The molecular formula is C20H15BrN2OS. The molecule has 2 N–H and O–H groups in total. The Morgan fingerprint density at radius 1 is 0.840 bits per heavy atom. The largest absolute Gasteiger partial charge is 0.332 e. The fourth-order valence-corrected chi connectivity index (χ4v) is 2.96. The molecule has 0 unspecified atom stereocenters. The van der Waals surface area contributed by atoms with Crippen LogP contribution >= 0.6 is 28.1 Å². The van der Waals surface area contributed by atoms with Crippen molar-refractivity contribution < 1.29 is 4.79 Å². The Hall–Kier alpha value is -2.50. The van der Waals surface area contributed by atoms with E-state index in [1.807, 2.05) is 66.7 Å². The van der Waals surface area contributed by atoms with Crippen LogP contribution in [-0.2, 0) is 0 Å². The number of halogens is 1. The second kappa shape index (κ2) is 8.05. The molecule has 0 bridgehead atoms. The molecule has 3 aromatic carbocycles. The summed E-state index contributed by atoms with van der Waals surface area (Å²) in [7, 11) is 0. The summed E-state index contributed by atoms with van der Waals surface area (Å²) in [5, 5.41) is 5.94. The molecule has 0 aliphatic carbocycles. The summed E-state index contributed by atoms with van der Waals surface area (Å²) in [6.07, 6.45) is 0. The standard InChI is InChI=1S/C20H15BrN2OS/c21-17-7-4-8-18(13-17)22-20(25)23-19(24)16-11-9-15(10-12-16)14-5-2-1-3-6-14/h1-13H,(H2,22,23,24,25). The van der Waals surface area contributed by atoms with Gasteiger partial charge >= 0.3 is 0 Å². The van der Waals surface area contributed by atoms with Crippen LogP contribution in [0.4, 0.5) is 5.69 Å². The second-order valence-corrected chi connectivity index (χ2v) is 6.69. The van der Waals surface area contributed by atoms with E-state index in [0.29, 0.717) is 5.56 Å². The monoisotopic (exact) mass is 410 g/mol. The molecule has 124 valence electrons. The second-order valence-electron chi connectivity index (χ2n) is 5.36. The van der Waals surface area contributed by atoms with E-state index < -0.39 is 0 Å². The van der Waals surface area contributed by atoms with E-state index in [1.54, 1.807) is 12.1 Å². The number of benzene rings is 3. The molecule has 0 saturated carbocycles. The Kier molecular flexibility index (Phi) is 5.58. The van der Waals surface area contributed by atoms with E-state index in [2.05, 4.69) is 26.6 Å². The number of anilines is 1. The molecule has 0 aromatic heterocycles. The molecule has 0 radical (unpaired) electrons. The molecule has 3 nitrogen and oxygen atoms in total. The molecule has 3 rings (SSSR count). The van der Waals surface area contributed by atoms with Crippen molar-refractivity contribution in [2.45, 2.75) is 0 Å². The van der Waals surface area contributed by atoms with Gasteiger partial charge < -0.3 is 5.32 Å². The molecule has 0 aliphatic heterocycles. The first-order valence-corrected chi connectivity index (χ1v) is 8.85. The normalized spacial score (nSPS) is 10.1. The van der Waals surface area contributed by atoms with Crippen LogP contribution in [0.3, 0.4) is 0 Å². The molecule has 5 heteroatoms. The third kappa shape index (κ3) is 4.75. The molecule has 0 heterocycles.